The maximum atomic E-state index is 10.9. The van der Waals surface area contributed by atoms with Crippen molar-refractivity contribution in [1.82, 2.24) is 9.97 Å². The van der Waals surface area contributed by atoms with Gasteiger partial charge in [0.05, 0.1) is 10.6 Å². The number of carboxylic acid groups (broad SMARTS) is 1. The van der Waals surface area contributed by atoms with Crippen molar-refractivity contribution in [1.29, 1.82) is 0 Å². The lowest BCUT2D eigenvalue weighted by Crippen LogP contribution is -1.98. The van der Waals surface area contributed by atoms with Crippen molar-refractivity contribution in [3.05, 3.63) is 33.9 Å². The molecule has 7 heteroatoms. The van der Waals surface area contributed by atoms with Crippen LogP contribution in [0.4, 0.5) is 0 Å². The van der Waals surface area contributed by atoms with Crippen molar-refractivity contribution < 1.29 is 9.90 Å². The molecular formula is C10H7ClN2O2S2. The number of aromatic nitrogens is 2. The summed E-state index contributed by atoms with van der Waals surface area (Å²) in [7, 11) is 0. The van der Waals surface area contributed by atoms with Gasteiger partial charge in [-0.1, -0.05) is 11.6 Å². The van der Waals surface area contributed by atoms with Gasteiger partial charge in [-0.25, -0.2) is 14.8 Å². The molecule has 0 aliphatic carbocycles. The summed E-state index contributed by atoms with van der Waals surface area (Å²) < 4.78 is 0.827. The molecule has 4 nitrogen and oxygen atoms in total. The average Bonchev–Trinajstić information content (AvgIpc) is 2.66. The van der Waals surface area contributed by atoms with Crippen LogP contribution in [0.5, 0.6) is 0 Å². The number of nitrogens with zero attached hydrogens (tertiary/aromatic N) is 2. The molecule has 0 saturated carbocycles. The first-order valence-electron chi connectivity index (χ1n) is 4.55. The van der Waals surface area contributed by atoms with E-state index in [0.29, 0.717) is 5.03 Å². The molecule has 1 N–H and O–H groups in total. The molecule has 0 bridgehead atoms. The predicted molar refractivity (Wildman–Crippen MR) is 67.2 cm³/mol. The Kier molecular flexibility index (Phi) is 3.66. The minimum absolute atomic E-state index is 0.0532. The molecule has 2 rings (SSSR count). The molecule has 0 aliphatic heterocycles. The summed E-state index contributed by atoms with van der Waals surface area (Å²) in [6, 6.07) is 1.45. The highest BCUT2D eigenvalue weighted by Gasteiger charge is 2.12. The number of carbonyl (C=O) groups is 1. The van der Waals surface area contributed by atoms with Crippen LogP contribution in [0.3, 0.4) is 0 Å². The molecule has 88 valence electrons. The fourth-order valence-electron chi connectivity index (χ4n) is 1.11. The van der Waals surface area contributed by atoms with Crippen molar-refractivity contribution >= 4 is 40.7 Å². The highest BCUT2D eigenvalue weighted by Crippen LogP contribution is 2.30. The molecule has 17 heavy (non-hydrogen) atoms. The number of rotatable bonds is 3. The molecule has 0 amide bonds. The summed E-state index contributed by atoms with van der Waals surface area (Å²) in [4.78, 5) is 19.2. The SMILES string of the molecule is Cc1csc(Sc2cc(C(=O)O)c(Cl)cn2)n1. The zero-order valence-electron chi connectivity index (χ0n) is 8.68. The number of aryl methyl sites for hydroxylation is 1. The predicted octanol–water partition coefficient (Wildman–Crippen LogP) is 3.35. The number of thiazole rings is 1. The molecule has 0 saturated heterocycles. The lowest BCUT2D eigenvalue weighted by Gasteiger charge is -2.01. The Bertz CT molecular complexity index is 571. The van der Waals surface area contributed by atoms with Crippen LogP contribution in [0, 0.1) is 6.92 Å². The van der Waals surface area contributed by atoms with Gasteiger partial charge in [0, 0.05) is 17.3 Å². The van der Waals surface area contributed by atoms with Gasteiger partial charge in [-0.05, 0) is 24.8 Å². The fourth-order valence-corrected chi connectivity index (χ4v) is 3.06. The Morgan fingerprint density at radius 2 is 2.35 bits per heavy atom. The van der Waals surface area contributed by atoms with E-state index in [9.17, 15) is 4.79 Å². The van der Waals surface area contributed by atoms with E-state index >= 15 is 0 Å². The highest BCUT2D eigenvalue weighted by atomic mass is 35.5. The van der Waals surface area contributed by atoms with Gasteiger partial charge in [0.1, 0.15) is 5.03 Å². The molecule has 2 heterocycles. The molecule has 2 aromatic heterocycles. The van der Waals surface area contributed by atoms with Crippen molar-refractivity contribution in [2.45, 2.75) is 16.3 Å². The van der Waals surface area contributed by atoms with E-state index in [1.165, 1.54) is 35.4 Å². The Morgan fingerprint density at radius 3 is 2.94 bits per heavy atom. The monoisotopic (exact) mass is 286 g/mol. The Hall–Kier alpha value is -1.11. The van der Waals surface area contributed by atoms with Crippen LogP contribution in [-0.4, -0.2) is 21.0 Å². The first-order chi connectivity index (χ1) is 8.06. The van der Waals surface area contributed by atoms with Gasteiger partial charge >= 0.3 is 5.97 Å². The van der Waals surface area contributed by atoms with Crippen LogP contribution < -0.4 is 0 Å². The van der Waals surface area contributed by atoms with Gasteiger partial charge in [0.25, 0.3) is 0 Å². The summed E-state index contributed by atoms with van der Waals surface area (Å²) >= 11 is 8.55. The minimum Gasteiger partial charge on any atom is -0.478 e. The highest BCUT2D eigenvalue weighted by molar-refractivity contribution is 8.01. The maximum absolute atomic E-state index is 10.9. The number of hydrogen-bond acceptors (Lipinski definition) is 5. The van der Waals surface area contributed by atoms with E-state index in [2.05, 4.69) is 9.97 Å². The molecule has 0 aliphatic rings. The molecule has 0 radical (unpaired) electrons. The number of carboxylic acids is 1. The zero-order valence-corrected chi connectivity index (χ0v) is 11.1. The van der Waals surface area contributed by atoms with Crippen LogP contribution in [-0.2, 0) is 0 Å². The van der Waals surface area contributed by atoms with E-state index < -0.39 is 5.97 Å². The van der Waals surface area contributed by atoms with Gasteiger partial charge in [0.15, 0.2) is 4.34 Å². The van der Waals surface area contributed by atoms with E-state index in [1.807, 2.05) is 12.3 Å². The maximum Gasteiger partial charge on any atom is 0.337 e. The van der Waals surface area contributed by atoms with Gasteiger partial charge < -0.3 is 5.11 Å². The third-order valence-corrected chi connectivity index (χ3v) is 4.14. The summed E-state index contributed by atoms with van der Waals surface area (Å²) in [5.41, 5.74) is 0.988. The lowest BCUT2D eigenvalue weighted by atomic mass is 10.3. The smallest absolute Gasteiger partial charge is 0.337 e. The first-order valence-corrected chi connectivity index (χ1v) is 6.62. The van der Waals surface area contributed by atoms with Crippen LogP contribution in [0.1, 0.15) is 16.1 Å². The molecule has 0 fully saturated rings. The topological polar surface area (TPSA) is 63.1 Å². The fraction of sp³-hybridized carbons (Fsp3) is 0.100. The van der Waals surface area contributed by atoms with E-state index in [0.717, 1.165) is 10.0 Å². The van der Waals surface area contributed by atoms with Crippen LogP contribution >= 0.6 is 34.7 Å². The van der Waals surface area contributed by atoms with Gasteiger partial charge in [-0.2, -0.15) is 0 Å². The minimum atomic E-state index is -1.06. The molecule has 2 aromatic rings. The Morgan fingerprint density at radius 1 is 1.59 bits per heavy atom. The van der Waals surface area contributed by atoms with Gasteiger partial charge in [0.2, 0.25) is 0 Å². The average molecular weight is 287 g/mol. The van der Waals surface area contributed by atoms with Crippen molar-refractivity contribution in [3.63, 3.8) is 0 Å². The van der Waals surface area contributed by atoms with Crippen molar-refractivity contribution in [2.75, 3.05) is 0 Å². The Labute approximate surface area is 111 Å². The van der Waals surface area contributed by atoms with Crippen LogP contribution in [0.15, 0.2) is 27.0 Å². The second-order valence-electron chi connectivity index (χ2n) is 3.16. The third-order valence-electron chi connectivity index (χ3n) is 1.85. The third kappa shape index (κ3) is 2.96. The molecule has 0 unspecified atom stereocenters. The first kappa shape index (κ1) is 12.3. The molecule has 0 spiro atoms. The number of hydrogen-bond donors (Lipinski definition) is 1. The summed E-state index contributed by atoms with van der Waals surface area (Å²) in [6.07, 6.45) is 1.34. The largest absolute Gasteiger partial charge is 0.478 e. The molecule has 0 atom stereocenters. The standard InChI is InChI=1S/C10H7ClN2O2S2/c1-5-4-16-10(13-5)17-8-2-6(9(14)15)7(11)3-12-8/h2-4H,1H3,(H,14,15). The van der Waals surface area contributed by atoms with Gasteiger partial charge in [-0.15, -0.1) is 11.3 Å². The quantitative estimate of drug-likeness (QED) is 0.937. The van der Waals surface area contributed by atoms with Gasteiger partial charge in [-0.3, -0.25) is 0 Å². The number of halogens is 1. The van der Waals surface area contributed by atoms with Crippen molar-refractivity contribution in [2.24, 2.45) is 0 Å². The number of aromatic carboxylic acids is 1. The van der Waals surface area contributed by atoms with E-state index in [1.54, 1.807) is 0 Å². The van der Waals surface area contributed by atoms with Crippen LogP contribution in [0.2, 0.25) is 5.02 Å². The van der Waals surface area contributed by atoms with Crippen LogP contribution in [0.25, 0.3) is 0 Å². The summed E-state index contributed by atoms with van der Waals surface area (Å²) in [6.45, 7) is 1.90. The van der Waals surface area contributed by atoms with Crippen molar-refractivity contribution in [3.8, 4) is 0 Å². The molecular weight excluding hydrogens is 280 g/mol. The second-order valence-corrected chi connectivity index (χ2v) is 5.70. The number of pyridine rings is 1. The normalized spacial score (nSPS) is 10.5. The van der Waals surface area contributed by atoms with E-state index in [-0.39, 0.29) is 10.6 Å². The summed E-state index contributed by atoms with van der Waals surface area (Å²) in [5, 5.41) is 11.6. The second kappa shape index (κ2) is 5.03. The lowest BCUT2D eigenvalue weighted by molar-refractivity contribution is 0.0696. The summed E-state index contributed by atoms with van der Waals surface area (Å²) in [5.74, 6) is -1.06. The van der Waals surface area contributed by atoms with E-state index in [4.69, 9.17) is 16.7 Å². The zero-order chi connectivity index (χ0) is 12.4. The Balaban J connectivity index is 2.28. The molecule has 0 aromatic carbocycles.